The van der Waals surface area contributed by atoms with Gasteiger partial charge in [-0.25, -0.2) is 4.39 Å². The smallest absolute Gasteiger partial charge is 0.128 e. The first kappa shape index (κ1) is 16.9. The highest BCUT2D eigenvalue weighted by Crippen LogP contribution is 2.29. The number of rotatable bonds is 3. The van der Waals surface area contributed by atoms with E-state index in [0.717, 1.165) is 25.6 Å². The first-order chi connectivity index (χ1) is 8.31. The Morgan fingerprint density at radius 1 is 1.12 bits per heavy atom. The van der Waals surface area contributed by atoms with Gasteiger partial charge in [0, 0.05) is 25.2 Å². The van der Waals surface area contributed by atoms with Crippen LogP contribution in [0.25, 0.3) is 0 Å². The molecule has 0 amide bonds. The minimum absolute atomic E-state index is 0.111. The molecule has 0 aromatic heterocycles. The van der Waals surface area contributed by atoms with Crippen LogP contribution < -0.4 is 5.32 Å². The van der Waals surface area contributed by atoms with Gasteiger partial charge in [0.05, 0.1) is 0 Å². The fraction of sp³-hybridized carbons (Fsp3) is 1.00. The maximum absolute atomic E-state index is 13.6. The van der Waals surface area contributed by atoms with Crippen LogP contribution in [-0.2, 0) is 0 Å². The standard InChI is InChI=1S/C10H19FN2.2C2H6/c1-2-12-10-5-6-13(7-9(10)11)8-3-4-8;2*1-2/h8-10,12H,2-7H2,1H3;2*1-2H3. The van der Waals surface area contributed by atoms with Gasteiger partial charge in [-0.15, -0.1) is 0 Å². The van der Waals surface area contributed by atoms with Gasteiger partial charge in [0.1, 0.15) is 6.17 Å². The summed E-state index contributed by atoms with van der Waals surface area (Å²) < 4.78 is 13.6. The zero-order chi connectivity index (χ0) is 13.3. The largest absolute Gasteiger partial charge is 0.311 e. The average molecular weight is 246 g/mol. The Hall–Kier alpha value is -0.150. The summed E-state index contributed by atoms with van der Waals surface area (Å²) in [5.41, 5.74) is 0. The minimum Gasteiger partial charge on any atom is -0.311 e. The van der Waals surface area contributed by atoms with Gasteiger partial charge >= 0.3 is 0 Å². The highest BCUT2D eigenvalue weighted by atomic mass is 19.1. The van der Waals surface area contributed by atoms with Gasteiger partial charge in [0.15, 0.2) is 0 Å². The van der Waals surface area contributed by atoms with Crippen molar-refractivity contribution in [3.8, 4) is 0 Å². The Balaban J connectivity index is 0.000000581. The number of nitrogens with zero attached hydrogens (tertiary/aromatic N) is 1. The zero-order valence-corrected chi connectivity index (χ0v) is 12.3. The first-order valence-corrected chi connectivity index (χ1v) is 7.42. The molecular weight excluding hydrogens is 215 g/mol. The summed E-state index contributed by atoms with van der Waals surface area (Å²) in [6, 6.07) is 0.834. The van der Waals surface area contributed by atoms with E-state index in [1.165, 1.54) is 12.8 Å². The molecule has 2 rings (SSSR count). The van der Waals surface area contributed by atoms with Crippen molar-refractivity contribution in [1.29, 1.82) is 0 Å². The summed E-state index contributed by atoms with van der Waals surface area (Å²) in [4.78, 5) is 2.32. The van der Waals surface area contributed by atoms with Gasteiger partial charge in [-0.05, 0) is 25.8 Å². The SMILES string of the molecule is CC.CC.CCNC1CCN(C2CC2)CC1F. The molecule has 1 aliphatic carbocycles. The van der Waals surface area contributed by atoms with Crippen molar-refractivity contribution in [2.24, 2.45) is 0 Å². The van der Waals surface area contributed by atoms with E-state index in [9.17, 15) is 4.39 Å². The van der Waals surface area contributed by atoms with Crippen molar-refractivity contribution in [3.05, 3.63) is 0 Å². The van der Waals surface area contributed by atoms with E-state index in [0.29, 0.717) is 6.54 Å². The van der Waals surface area contributed by atoms with E-state index in [-0.39, 0.29) is 6.04 Å². The molecule has 0 aromatic carbocycles. The molecule has 1 N–H and O–H groups in total. The minimum atomic E-state index is -0.658. The predicted octanol–water partition coefficient (Wildman–Crippen LogP) is 3.22. The van der Waals surface area contributed by atoms with Gasteiger partial charge < -0.3 is 5.32 Å². The quantitative estimate of drug-likeness (QED) is 0.822. The second kappa shape index (κ2) is 9.84. The van der Waals surface area contributed by atoms with Crippen molar-refractivity contribution < 1.29 is 4.39 Å². The molecule has 0 bridgehead atoms. The molecule has 2 unspecified atom stereocenters. The third-order valence-corrected chi connectivity index (χ3v) is 3.10. The fourth-order valence-electron chi connectivity index (χ4n) is 2.19. The van der Waals surface area contributed by atoms with Crippen LogP contribution in [-0.4, -0.2) is 42.8 Å². The maximum atomic E-state index is 13.6. The molecule has 0 aromatic rings. The number of alkyl halides is 1. The van der Waals surface area contributed by atoms with Crippen molar-refractivity contribution in [1.82, 2.24) is 10.2 Å². The Morgan fingerprint density at radius 3 is 2.12 bits per heavy atom. The zero-order valence-electron chi connectivity index (χ0n) is 12.3. The molecule has 2 atom stereocenters. The molecule has 0 spiro atoms. The lowest BCUT2D eigenvalue weighted by molar-refractivity contribution is 0.0991. The normalized spacial score (nSPS) is 28.6. The van der Waals surface area contributed by atoms with E-state index in [2.05, 4.69) is 10.2 Å². The molecule has 2 nitrogen and oxygen atoms in total. The summed E-state index contributed by atoms with van der Waals surface area (Å²) in [7, 11) is 0. The van der Waals surface area contributed by atoms with E-state index < -0.39 is 6.17 Å². The molecule has 1 saturated heterocycles. The van der Waals surface area contributed by atoms with Crippen molar-refractivity contribution in [3.63, 3.8) is 0 Å². The van der Waals surface area contributed by atoms with Crippen LogP contribution in [0, 0.1) is 0 Å². The van der Waals surface area contributed by atoms with E-state index in [1.807, 2.05) is 34.6 Å². The van der Waals surface area contributed by atoms with Gasteiger partial charge in [-0.2, -0.15) is 0 Å². The Labute approximate surface area is 107 Å². The summed E-state index contributed by atoms with van der Waals surface area (Å²) in [5.74, 6) is 0. The Kier molecular flexibility index (Phi) is 9.75. The monoisotopic (exact) mass is 246 g/mol. The molecule has 104 valence electrons. The summed E-state index contributed by atoms with van der Waals surface area (Å²) in [5, 5.41) is 3.21. The van der Waals surface area contributed by atoms with Crippen molar-refractivity contribution in [2.45, 2.75) is 72.1 Å². The van der Waals surface area contributed by atoms with Crippen LogP contribution in [0.5, 0.6) is 0 Å². The summed E-state index contributed by atoms with van der Waals surface area (Å²) in [6.45, 7) is 12.7. The maximum Gasteiger partial charge on any atom is 0.128 e. The molecule has 0 radical (unpaired) electrons. The highest BCUT2D eigenvalue weighted by Gasteiger charge is 2.36. The number of piperidine rings is 1. The van der Waals surface area contributed by atoms with Gasteiger partial charge in [-0.3, -0.25) is 4.90 Å². The second-order valence-electron chi connectivity index (χ2n) is 4.19. The molecule has 1 saturated carbocycles. The number of hydrogen-bond acceptors (Lipinski definition) is 2. The van der Waals surface area contributed by atoms with Gasteiger partial charge in [0.2, 0.25) is 0 Å². The van der Waals surface area contributed by atoms with Crippen molar-refractivity contribution >= 4 is 0 Å². The molecule has 2 fully saturated rings. The van der Waals surface area contributed by atoms with E-state index >= 15 is 0 Å². The topological polar surface area (TPSA) is 15.3 Å². The molecule has 2 aliphatic rings. The van der Waals surface area contributed by atoms with Crippen LogP contribution in [0.15, 0.2) is 0 Å². The molecular formula is C14H31FN2. The molecule has 1 heterocycles. The van der Waals surface area contributed by atoms with Crippen LogP contribution in [0.2, 0.25) is 0 Å². The number of halogens is 1. The van der Waals surface area contributed by atoms with E-state index in [4.69, 9.17) is 0 Å². The first-order valence-electron chi connectivity index (χ1n) is 7.42. The van der Waals surface area contributed by atoms with Crippen LogP contribution in [0.1, 0.15) is 53.9 Å². The summed E-state index contributed by atoms with van der Waals surface area (Å²) >= 11 is 0. The highest BCUT2D eigenvalue weighted by molar-refractivity contribution is 4.92. The van der Waals surface area contributed by atoms with Crippen LogP contribution in [0.3, 0.4) is 0 Å². The second-order valence-corrected chi connectivity index (χ2v) is 4.19. The summed E-state index contributed by atoms with van der Waals surface area (Å²) in [6.07, 6.45) is 2.90. The Morgan fingerprint density at radius 2 is 1.71 bits per heavy atom. The number of likely N-dealkylation sites (tertiary alicyclic amines) is 1. The van der Waals surface area contributed by atoms with Crippen LogP contribution >= 0.6 is 0 Å². The van der Waals surface area contributed by atoms with Crippen molar-refractivity contribution in [2.75, 3.05) is 19.6 Å². The number of nitrogens with one attached hydrogen (secondary N) is 1. The van der Waals surface area contributed by atoms with Gasteiger partial charge in [-0.1, -0.05) is 34.6 Å². The van der Waals surface area contributed by atoms with Crippen LogP contribution in [0.4, 0.5) is 4.39 Å². The lowest BCUT2D eigenvalue weighted by Crippen LogP contribution is -2.51. The third kappa shape index (κ3) is 5.82. The number of hydrogen-bond donors (Lipinski definition) is 1. The Bertz CT molecular complexity index is 172. The lowest BCUT2D eigenvalue weighted by atomic mass is 10.0. The molecule has 1 aliphatic heterocycles. The molecule has 17 heavy (non-hydrogen) atoms. The molecule has 3 heteroatoms. The van der Waals surface area contributed by atoms with Gasteiger partial charge in [0.25, 0.3) is 0 Å². The lowest BCUT2D eigenvalue weighted by Gasteiger charge is -2.35. The predicted molar refractivity (Wildman–Crippen MR) is 74.3 cm³/mol. The fourth-order valence-corrected chi connectivity index (χ4v) is 2.19. The van der Waals surface area contributed by atoms with E-state index in [1.54, 1.807) is 0 Å². The third-order valence-electron chi connectivity index (χ3n) is 3.10. The average Bonchev–Trinajstić information content (AvgIpc) is 3.21.